The van der Waals surface area contributed by atoms with Crippen LogP contribution in [0.3, 0.4) is 0 Å². The number of hydrogen-bond acceptors (Lipinski definition) is 3. The zero-order valence-corrected chi connectivity index (χ0v) is 9.70. The molecule has 0 aliphatic heterocycles. The summed E-state index contributed by atoms with van der Waals surface area (Å²) in [6, 6.07) is 4.58. The van der Waals surface area contributed by atoms with Crippen LogP contribution in [0.1, 0.15) is 5.01 Å². The summed E-state index contributed by atoms with van der Waals surface area (Å²) in [5.74, 6) is -0.165. The largest absolute Gasteiger partial charge is 0.205 e. The third-order valence-corrected chi connectivity index (χ3v) is 3.52. The second-order valence-electron chi connectivity index (χ2n) is 2.74. The Morgan fingerprint density at radius 3 is 2.80 bits per heavy atom. The summed E-state index contributed by atoms with van der Waals surface area (Å²) in [5, 5.41) is 9.06. The van der Waals surface area contributed by atoms with Crippen molar-refractivity contribution < 1.29 is 4.39 Å². The standard InChI is InChI=1S/C9H5Cl2FN2S/c10-4-7-13-14-9(15-7)5-2-1-3-6(12)8(5)11/h1-3H,4H2. The minimum Gasteiger partial charge on any atom is -0.205 e. The monoisotopic (exact) mass is 262 g/mol. The van der Waals surface area contributed by atoms with E-state index >= 15 is 0 Å². The molecule has 0 unspecified atom stereocenters. The highest BCUT2D eigenvalue weighted by Gasteiger charge is 2.12. The predicted octanol–water partition coefficient (Wildman–Crippen LogP) is 3.74. The smallest absolute Gasteiger partial charge is 0.149 e. The first-order chi connectivity index (χ1) is 7.22. The first kappa shape index (κ1) is 10.8. The van der Waals surface area contributed by atoms with Crippen LogP contribution in [0.5, 0.6) is 0 Å². The number of benzene rings is 1. The lowest BCUT2D eigenvalue weighted by molar-refractivity contribution is 0.629. The molecule has 0 amide bonds. The molecule has 0 bridgehead atoms. The molecule has 0 aliphatic carbocycles. The van der Waals surface area contributed by atoms with E-state index < -0.39 is 5.82 Å². The fraction of sp³-hybridized carbons (Fsp3) is 0.111. The number of aromatic nitrogens is 2. The normalized spacial score (nSPS) is 10.6. The van der Waals surface area contributed by atoms with Gasteiger partial charge in [0.25, 0.3) is 0 Å². The number of rotatable bonds is 2. The Labute approximate surface area is 99.7 Å². The van der Waals surface area contributed by atoms with Gasteiger partial charge in [-0.05, 0) is 6.07 Å². The zero-order valence-electron chi connectivity index (χ0n) is 7.38. The Hall–Kier alpha value is -0.710. The van der Waals surface area contributed by atoms with Gasteiger partial charge >= 0.3 is 0 Å². The lowest BCUT2D eigenvalue weighted by Gasteiger charge is -1.99. The molecule has 0 saturated heterocycles. The Kier molecular flexibility index (Phi) is 3.19. The summed E-state index contributed by atoms with van der Waals surface area (Å²) >= 11 is 12.7. The van der Waals surface area contributed by atoms with Gasteiger partial charge in [0.15, 0.2) is 0 Å². The van der Waals surface area contributed by atoms with Gasteiger partial charge in [-0.15, -0.1) is 21.8 Å². The van der Waals surface area contributed by atoms with Gasteiger partial charge in [0.1, 0.15) is 15.8 Å². The van der Waals surface area contributed by atoms with E-state index in [2.05, 4.69) is 10.2 Å². The molecule has 0 N–H and O–H groups in total. The van der Waals surface area contributed by atoms with Gasteiger partial charge in [-0.1, -0.05) is 35.1 Å². The summed E-state index contributed by atoms with van der Waals surface area (Å²) in [7, 11) is 0. The van der Waals surface area contributed by atoms with Crippen molar-refractivity contribution in [2.24, 2.45) is 0 Å². The predicted molar refractivity (Wildman–Crippen MR) is 59.9 cm³/mol. The summed E-state index contributed by atoms with van der Waals surface area (Å²) in [6.07, 6.45) is 0. The van der Waals surface area contributed by atoms with Crippen LogP contribution in [0.15, 0.2) is 18.2 Å². The SMILES string of the molecule is Fc1cccc(-c2nnc(CCl)s2)c1Cl. The van der Waals surface area contributed by atoms with E-state index in [9.17, 15) is 4.39 Å². The first-order valence-corrected chi connectivity index (χ1v) is 5.78. The van der Waals surface area contributed by atoms with Crippen LogP contribution in [0, 0.1) is 5.82 Å². The lowest BCUT2D eigenvalue weighted by atomic mass is 10.2. The molecule has 0 fully saturated rings. The zero-order chi connectivity index (χ0) is 10.8. The van der Waals surface area contributed by atoms with E-state index in [0.29, 0.717) is 21.5 Å². The highest BCUT2D eigenvalue weighted by Crippen LogP contribution is 2.31. The van der Waals surface area contributed by atoms with Crippen molar-refractivity contribution in [3.8, 4) is 10.6 Å². The molecule has 0 radical (unpaired) electrons. The molecule has 2 aromatic rings. The molecule has 0 aliphatic rings. The maximum Gasteiger partial charge on any atom is 0.149 e. The maximum absolute atomic E-state index is 13.2. The molecule has 2 rings (SSSR count). The molecule has 6 heteroatoms. The summed E-state index contributed by atoms with van der Waals surface area (Å²) in [6.45, 7) is 0. The number of alkyl halides is 1. The lowest BCUT2D eigenvalue weighted by Crippen LogP contribution is -1.82. The van der Waals surface area contributed by atoms with Gasteiger partial charge in [-0.25, -0.2) is 4.39 Å². The third kappa shape index (κ3) is 2.12. The van der Waals surface area contributed by atoms with E-state index in [4.69, 9.17) is 23.2 Å². The maximum atomic E-state index is 13.2. The second-order valence-corrected chi connectivity index (χ2v) is 4.44. The van der Waals surface area contributed by atoms with Crippen molar-refractivity contribution in [3.63, 3.8) is 0 Å². The van der Waals surface area contributed by atoms with Gasteiger partial charge in [0.05, 0.1) is 10.9 Å². The van der Waals surface area contributed by atoms with Crippen LogP contribution < -0.4 is 0 Å². The van der Waals surface area contributed by atoms with Crippen molar-refractivity contribution in [1.82, 2.24) is 10.2 Å². The Morgan fingerprint density at radius 1 is 1.33 bits per heavy atom. The fourth-order valence-corrected chi connectivity index (χ4v) is 2.30. The number of nitrogens with zero attached hydrogens (tertiary/aromatic N) is 2. The fourth-order valence-electron chi connectivity index (χ4n) is 1.09. The number of hydrogen-bond donors (Lipinski definition) is 0. The van der Waals surface area contributed by atoms with E-state index in [0.717, 1.165) is 0 Å². The summed E-state index contributed by atoms with van der Waals surface area (Å²) in [5.41, 5.74) is 0.547. The van der Waals surface area contributed by atoms with E-state index in [1.807, 2.05) is 0 Å². The quantitative estimate of drug-likeness (QED) is 0.771. The Morgan fingerprint density at radius 2 is 2.13 bits per heavy atom. The van der Waals surface area contributed by atoms with Crippen molar-refractivity contribution in [1.29, 1.82) is 0 Å². The second kappa shape index (κ2) is 4.43. The van der Waals surface area contributed by atoms with Crippen LogP contribution in [0.4, 0.5) is 4.39 Å². The van der Waals surface area contributed by atoms with Crippen LogP contribution in [-0.2, 0) is 5.88 Å². The van der Waals surface area contributed by atoms with Crippen molar-refractivity contribution in [3.05, 3.63) is 34.0 Å². The third-order valence-electron chi connectivity index (χ3n) is 1.76. The van der Waals surface area contributed by atoms with Gasteiger partial charge in [0, 0.05) is 5.56 Å². The van der Waals surface area contributed by atoms with E-state index in [1.165, 1.54) is 17.4 Å². The average Bonchev–Trinajstić information content (AvgIpc) is 2.70. The molecule has 2 nitrogen and oxygen atoms in total. The molecular weight excluding hydrogens is 258 g/mol. The van der Waals surface area contributed by atoms with Crippen molar-refractivity contribution >= 4 is 34.5 Å². The Bertz CT molecular complexity index is 487. The average molecular weight is 263 g/mol. The minimum absolute atomic E-state index is 0.0646. The summed E-state index contributed by atoms with van der Waals surface area (Å²) < 4.78 is 13.2. The van der Waals surface area contributed by atoms with Gasteiger partial charge in [-0.2, -0.15) is 0 Å². The van der Waals surface area contributed by atoms with Gasteiger partial charge in [0.2, 0.25) is 0 Å². The highest BCUT2D eigenvalue weighted by atomic mass is 35.5. The van der Waals surface area contributed by atoms with E-state index in [-0.39, 0.29) is 5.02 Å². The van der Waals surface area contributed by atoms with Gasteiger partial charge in [-0.3, -0.25) is 0 Å². The Balaban J connectivity index is 2.49. The number of halogens is 3. The van der Waals surface area contributed by atoms with Gasteiger partial charge < -0.3 is 0 Å². The molecule has 1 aromatic carbocycles. The first-order valence-electron chi connectivity index (χ1n) is 4.05. The van der Waals surface area contributed by atoms with Crippen LogP contribution in [-0.4, -0.2) is 10.2 Å². The van der Waals surface area contributed by atoms with Crippen LogP contribution >= 0.6 is 34.5 Å². The van der Waals surface area contributed by atoms with Crippen LogP contribution in [0.2, 0.25) is 5.02 Å². The molecule has 0 atom stereocenters. The molecule has 0 spiro atoms. The van der Waals surface area contributed by atoms with E-state index in [1.54, 1.807) is 12.1 Å². The molecule has 1 aromatic heterocycles. The molecule has 1 heterocycles. The van der Waals surface area contributed by atoms with Crippen molar-refractivity contribution in [2.45, 2.75) is 5.88 Å². The molecular formula is C9H5Cl2FN2S. The topological polar surface area (TPSA) is 25.8 Å². The molecule has 78 valence electrons. The summed E-state index contributed by atoms with van der Waals surface area (Å²) in [4.78, 5) is 0. The minimum atomic E-state index is -0.461. The van der Waals surface area contributed by atoms with Crippen molar-refractivity contribution in [2.75, 3.05) is 0 Å². The highest BCUT2D eigenvalue weighted by molar-refractivity contribution is 7.14. The van der Waals surface area contributed by atoms with Crippen LogP contribution in [0.25, 0.3) is 10.6 Å². The molecule has 15 heavy (non-hydrogen) atoms. The molecule has 0 saturated carbocycles.